The van der Waals surface area contributed by atoms with E-state index in [-0.39, 0.29) is 11.3 Å². The molecule has 0 aliphatic rings. The van der Waals surface area contributed by atoms with Crippen molar-refractivity contribution >= 4 is 45.0 Å². The van der Waals surface area contributed by atoms with Crippen LogP contribution in [0.25, 0.3) is 10.9 Å². The summed E-state index contributed by atoms with van der Waals surface area (Å²) in [5.74, 6) is 0.864. The zero-order chi connectivity index (χ0) is 22.0. The number of benzene rings is 2. The van der Waals surface area contributed by atoms with Gasteiger partial charge in [-0.3, -0.25) is 14.9 Å². The van der Waals surface area contributed by atoms with Gasteiger partial charge in [0.1, 0.15) is 5.75 Å². The Morgan fingerprint density at radius 2 is 2.03 bits per heavy atom. The predicted octanol–water partition coefficient (Wildman–Crippen LogP) is 4.55. The molecule has 158 valence electrons. The van der Waals surface area contributed by atoms with Gasteiger partial charge in [-0.15, -0.1) is 10.2 Å². The van der Waals surface area contributed by atoms with Gasteiger partial charge in [-0.25, -0.2) is 0 Å². The largest absolute Gasteiger partial charge is 0.497 e. The maximum Gasteiger partial charge on any atom is 0.257 e. The van der Waals surface area contributed by atoms with E-state index in [0.717, 1.165) is 27.7 Å². The monoisotopic (exact) mass is 452 g/mol. The summed E-state index contributed by atoms with van der Waals surface area (Å²) in [6, 6.07) is 12.5. The minimum absolute atomic E-state index is 0.00496. The molecule has 0 radical (unpaired) electrons. The summed E-state index contributed by atoms with van der Waals surface area (Å²) < 4.78 is 5.84. The lowest BCUT2D eigenvalue weighted by Crippen LogP contribution is -2.11. The van der Waals surface area contributed by atoms with Crippen LogP contribution < -0.4 is 15.5 Å². The molecule has 0 aliphatic heterocycles. The second kappa shape index (κ2) is 8.91. The van der Waals surface area contributed by atoms with Gasteiger partial charge in [-0.1, -0.05) is 35.2 Å². The topological polar surface area (TPSA) is 97.0 Å². The Morgan fingerprint density at radius 1 is 1.19 bits per heavy atom. The van der Waals surface area contributed by atoms with Crippen molar-refractivity contribution in [2.45, 2.75) is 23.9 Å². The van der Waals surface area contributed by atoms with E-state index in [1.165, 1.54) is 23.1 Å². The molecule has 1 amide bonds. The van der Waals surface area contributed by atoms with E-state index in [4.69, 9.17) is 4.74 Å². The van der Waals surface area contributed by atoms with E-state index in [1.54, 1.807) is 37.4 Å². The number of aryl methyl sites for hydroxylation is 2. The van der Waals surface area contributed by atoms with Gasteiger partial charge < -0.3 is 9.72 Å². The highest BCUT2D eigenvalue weighted by Crippen LogP contribution is 2.28. The molecule has 0 unspecified atom stereocenters. The highest BCUT2D eigenvalue weighted by atomic mass is 32.2. The Kier molecular flexibility index (Phi) is 6.06. The van der Waals surface area contributed by atoms with Gasteiger partial charge in [0.05, 0.1) is 12.6 Å². The van der Waals surface area contributed by atoms with Gasteiger partial charge in [0.25, 0.3) is 5.91 Å². The highest BCUT2D eigenvalue weighted by Gasteiger charge is 2.12. The Balaban J connectivity index is 1.45. The normalized spacial score (nSPS) is 10.9. The van der Waals surface area contributed by atoms with Crippen LogP contribution in [-0.2, 0) is 5.75 Å². The number of aromatic amines is 1. The van der Waals surface area contributed by atoms with Crippen molar-refractivity contribution in [3.8, 4) is 5.75 Å². The summed E-state index contributed by atoms with van der Waals surface area (Å²) in [4.78, 5) is 28.3. The van der Waals surface area contributed by atoms with E-state index < -0.39 is 0 Å². The van der Waals surface area contributed by atoms with Crippen molar-refractivity contribution in [2.75, 3.05) is 12.4 Å². The number of nitrogens with one attached hydrogen (secondary N) is 2. The molecule has 2 heterocycles. The highest BCUT2D eigenvalue weighted by molar-refractivity contribution is 8.00. The maximum atomic E-state index is 12.5. The van der Waals surface area contributed by atoms with Gasteiger partial charge in [0, 0.05) is 28.5 Å². The lowest BCUT2D eigenvalue weighted by Gasteiger charge is -2.07. The third-order valence-electron chi connectivity index (χ3n) is 4.64. The van der Waals surface area contributed by atoms with E-state index in [0.29, 0.717) is 26.5 Å². The van der Waals surface area contributed by atoms with Crippen LogP contribution in [-0.4, -0.2) is 28.2 Å². The van der Waals surface area contributed by atoms with E-state index in [1.807, 2.05) is 26.0 Å². The van der Waals surface area contributed by atoms with Crippen molar-refractivity contribution in [1.29, 1.82) is 0 Å². The number of carbonyl (C=O) groups is 1. The molecular weight excluding hydrogens is 432 g/mol. The van der Waals surface area contributed by atoms with Crippen molar-refractivity contribution in [3.63, 3.8) is 0 Å². The molecule has 0 saturated carbocycles. The Hall–Kier alpha value is -3.17. The summed E-state index contributed by atoms with van der Waals surface area (Å²) in [6.07, 6.45) is 0. The molecule has 0 spiro atoms. The molecule has 9 heteroatoms. The third-order valence-corrected chi connectivity index (χ3v) is 6.66. The van der Waals surface area contributed by atoms with Gasteiger partial charge in [0.2, 0.25) is 5.13 Å². The van der Waals surface area contributed by atoms with Crippen LogP contribution in [0.4, 0.5) is 5.13 Å². The van der Waals surface area contributed by atoms with Crippen molar-refractivity contribution < 1.29 is 9.53 Å². The SMILES string of the molecule is COc1cccc(C(=O)Nc2nnc(SCc3cc(=O)c4c(C)cc(C)cc4[nH]3)s2)c1. The first-order valence-corrected chi connectivity index (χ1v) is 11.3. The molecule has 0 bridgehead atoms. The molecule has 2 aromatic heterocycles. The number of ether oxygens (including phenoxy) is 1. The third kappa shape index (κ3) is 4.78. The fourth-order valence-electron chi connectivity index (χ4n) is 3.30. The number of thioether (sulfide) groups is 1. The molecule has 7 nitrogen and oxygen atoms in total. The molecule has 0 fully saturated rings. The number of fused-ring (bicyclic) bond motifs is 1. The van der Waals surface area contributed by atoms with E-state index in [9.17, 15) is 9.59 Å². The second-order valence-corrected chi connectivity index (χ2v) is 9.21. The summed E-state index contributed by atoms with van der Waals surface area (Å²) in [5, 5.41) is 12.0. The van der Waals surface area contributed by atoms with Crippen molar-refractivity contribution in [3.05, 3.63) is 75.1 Å². The molecular formula is C22H20N4O3S2. The first kappa shape index (κ1) is 21.1. The average molecular weight is 453 g/mol. The zero-order valence-corrected chi connectivity index (χ0v) is 18.8. The van der Waals surface area contributed by atoms with Crippen LogP contribution in [0, 0.1) is 13.8 Å². The predicted molar refractivity (Wildman–Crippen MR) is 124 cm³/mol. The number of carbonyl (C=O) groups excluding carboxylic acids is 1. The van der Waals surface area contributed by atoms with Gasteiger partial charge in [-0.2, -0.15) is 0 Å². The number of rotatable bonds is 6. The van der Waals surface area contributed by atoms with E-state index >= 15 is 0 Å². The van der Waals surface area contributed by atoms with Crippen molar-refractivity contribution in [1.82, 2.24) is 15.2 Å². The summed E-state index contributed by atoms with van der Waals surface area (Å²) in [5.41, 5.74) is 4.20. The van der Waals surface area contributed by atoms with Crippen LogP contribution in [0.15, 0.2) is 51.6 Å². The number of aromatic nitrogens is 3. The smallest absolute Gasteiger partial charge is 0.257 e. The maximum absolute atomic E-state index is 12.5. The molecule has 0 saturated heterocycles. The molecule has 4 rings (SSSR count). The molecule has 0 atom stereocenters. The second-order valence-electron chi connectivity index (χ2n) is 7.01. The minimum atomic E-state index is -0.281. The zero-order valence-electron chi connectivity index (χ0n) is 17.2. The van der Waals surface area contributed by atoms with Gasteiger partial charge in [0.15, 0.2) is 9.77 Å². The first-order valence-electron chi connectivity index (χ1n) is 9.48. The standard InChI is InChI=1S/C22H20N4O3S2/c1-12-7-13(2)19-17(8-12)23-15(10-18(19)27)11-30-22-26-25-21(31-22)24-20(28)14-5-4-6-16(9-14)29-3/h4-10H,11H2,1-3H3,(H,23,27)(H,24,25,28). The van der Waals surface area contributed by atoms with Crippen LogP contribution in [0.1, 0.15) is 27.2 Å². The number of anilines is 1. The average Bonchev–Trinajstić information content (AvgIpc) is 3.18. The molecule has 2 N–H and O–H groups in total. The summed E-state index contributed by atoms with van der Waals surface area (Å²) in [7, 11) is 1.55. The van der Waals surface area contributed by atoms with Crippen LogP contribution in [0.5, 0.6) is 5.75 Å². The number of H-pyrrole nitrogens is 1. The molecule has 4 aromatic rings. The molecule has 0 aliphatic carbocycles. The Morgan fingerprint density at radius 3 is 2.84 bits per heavy atom. The summed E-state index contributed by atoms with van der Waals surface area (Å²) in [6.45, 7) is 3.95. The van der Waals surface area contributed by atoms with Crippen LogP contribution >= 0.6 is 23.1 Å². The van der Waals surface area contributed by atoms with Crippen LogP contribution in [0.2, 0.25) is 0 Å². The number of pyridine rings is 1. The lowest BCUT2D eigenvalue weighted by atomic mass is 10.1. The fraction of sp³-hybridized carbons (Fsp3) is 0.182. The first-order chi connectivity index (χ1) is 14.9. The van der Waals surface area contributed by atoms with Crippen LogP contribution in [0.3, 0.4) is 0 Å². The van der Waals surface area contributed by atoms with E-state index in [2.05, 4.69) is 20.5 Å². The number of nitrogens with zero attached hydrogens (tertiary/aromatic N) is 2. The molecule has 2 aromatic carbocycles. The number of methoxy groups -OCH3 is 1. The number of hydrogen-bond donors (Lipinski definition) is 2. The lowest BCUT2D eigenvalue weighted by molar-refractivity contribution is 0.102. The van der Waals surface area contributed by atoms with Gasteiger partial charge >= 0.3 is 0 Å². The Labute approximate surface area is 186 Å². The minimum Gasteiger partial charge on any atom is -0.497 e. The Bertz CT molecular complexity index is 1330. The molecule has 31 heavy (non-hydrogen) atoms. The summed E-state index contributed by atoms with van der Waals surface area (Å²) >= 11 is 2.74. The van der Waals surface area contributed by atoms with Gasteiger partial charge in [-0.05, 0) is 49.2 Å². The fourth-order valence-corrected chi connectivity index (χ4v) is 4.96. The quantitative estimate of drug-likeness (QED) is 0.329. The van der Waals surface area contributed by atoms with Crippen molar-refractivity contribution in [2.24, 2.45) is 0 Å². The number of amides is 1. The number of hydrogen-bond acceptors (Lipinski definition) is 7.